The lowest BCUT2D eigenvalue weighted by atomic mass is 9.95. The highest BCUT2D eigenvalue weighted by molar-refractivity contribution is 4.88. The molecule has 0 radical (unpaired) electrons. The Morgan fingerprint density at radius 2 is 1.80 bits per heavy atom. The Morgan fingerprint density at radius 3 is 2.27 bits per heavy atom. The van der Waals surface area contributed by atoms with Gasteiger partial charge in [-0.05, 0) is 34.9 Å². The number of rotatable bonds is 8. The summed E-state index contributed by atoms with van der Waals surface area (Å²) in [5.74, 6) is 0. The van der Waals surface area contributed by atoms with Crippen LogP contribution in [0.2, 0.25) is 0 Å². The van der Waals surface area contributed by atoms with Gasteiger partial charge in [-0.15, -0.1) is 0 Å². The molecule has 4 nitrogen and oxygen atoms in total. The molecule has 0 amide bonds. The van der Waals surface area contributed by atoms with Gasteiger partial charge in [0, 0.05) is 37.8 Å². The first kappa shape index (κ1) is 14.8. The minimum Gasteiger partial charge on any atom is -0.329 e. The van der Waals surface area contributed by atoms with Crippen molar-refractivity contribution in [3.8, 4) is 0 Å². The Labute approximate surface area is 94.6 Å². The molecule has 0 saturated carbocycles. The highest BCUT2D eigenvalue weighted by Crippen LogP contribution is 2.14. The highest BCUT2D eigenvalue weighted by Gasteiger charge is 2.27. The minimum atomic E-state index is 0.174. The quantitative estimate of drug-likeness (QED) is 0.494. The SMILES string of the molecule is CC(NCCNCCN)C(C)(C)N(C)C. The average molecular weight is 216 g/mol. The maximum atomic E-state index is 5.39. The van der Waals surface area contributed by atoms with E-state index >= 15 is 0 Å². The molecule has 0 bridgehead atoms. The Balaban J connectivity index is 3.69. The van der Waals surface area contributed by atoms with Crippen molar-refractivity contribution in [1.29, 1.82) is 0 Å². The lowest BCUT2D eigenvalue weighted by Gasteiger charge is -2.38. The van der Waals surface area contributed by atoms with Crippen molar-refractivity contribution in [3.63, 3.8) is 0 Å². The number of hydrogen-bond donors (Lipinski definition) is 3. The van der Waals surface area contributed by atoms with Gasteiger partial charge in [-0.25, -0.2) is 0 Å². The number of hydrogen-bond acceptors (Lipinski definition) is 4. The summed E-state index contributed by atoms with van der Waals surface area (Å²) in [5.41, 5.74) is 5.56. The standard InChI is InChI=1S/C11H28N4/c1-10(11(2,3)15(4)5)14-9-8-13-7-6-12/h10,13-14H,6-9,12H2,1-5H3. The topological polar surface area (TPSA) is 53.3 Å². The van der Waals surface area contributed by atoms with Crippen LogP contribution in [0.5, 0.6) is 0 Å². The first-order valence-corrected chi connectivity index (χ1v) is 5.74. The second-order valence-corrected chi connectivity index (χ2v) is 4.76. The summed E-state index contributed by atoms with van der Waals surface area (Å²) in [6, 6.07) is 0.465. The molecule has 0 rings (SSSR count). The molecular weight excluding hydrogens is 188 g/mol. The highest BCUT2D eigenvalue weighted by atomic mass is 15.2. The van der Waals surface area contributed by atoms with Gasteiger partial charge in [0.25, 0.3) is 0 Å². The fourth-order valence-corrected chi connectivity index (χ4v) is 1.24. The summed E-state index contributed by atoms with van der Waals surface area (Å²) >= 11 is 0. The second kappa shape index (κ2) is 7.17. The predicted molar refractivity (Wildman–Crippen MR) is 67.2 cm³/mol. The van der Waals surface area contributed by atoms with Gasteiger partial charge in [0.05, 0.1) is 0 Å². The molecule has 1 atom stereocenters. The first-order chi connectivity index (χ1) is 6.92. The molecule has 0 aliphatic heterocycles. The normalized spacial score (nSPS) is 14.6. The van der Waals surface area contributed by atoms with E-state index in [1.807, 2.05) is 0 Å². The van der Waals surface area contributed by atoms with Gasteiger partial charge >= 0.3 is 0 Å². The molecule has 0 fully saturated rings. The summed E-state index contributed by atoms with van der Waals surface area (Å²) in [6.07, 6.45) is 0. The van der Waals surface area contributed by atoms with E-state index in [4.69, 9.17) is 5.73 Å². The Morgan fingerprint density at radius 1 is 1.20 bits per heavy atom. The van der Waals surface area contributed by atoms with E-state index in [0.717, 1.165) is 19.6 Å². The van der Waals surface area contributed by atoms with Crippen LogP contribution in [-0.2, 0) is 0 Å². The smallest absolute Gasteiger partial charge is 0.0297 e. The van der Waals surface area contributed by atoms with Crippen molar-refractivity contribution < 1.29 is 0 Å². The maximum Gasteiger partial charge on any atom is 0.0297 e. The third-order valence-electron chi connectivity index (χ3n) is 3.29. The van der Waals surface area contributed by atoms with Crippen molar-refractivity contribution in [2.24, 2.45) is 5.73 Å². The van der Waals surface area contributed by atoms with Crippen molar-refractivity contribution >= 4 is 0 Å². The van der Waals surface area contributed by atoms with Crippen LogP contribution in [0, 0.1) is 0 Å². The van der Waals surface area contributed by atoms with E-state index in [1.54, 1.807) is 0 Å². The predicted octanol–water partition coefficient (Wildman–Crippen LogP) is -0.147. The summed E-state index contributed by atoms with van der Waals surface area (Å²) in [6.45, 7) is 10.3. The van der Waals surface area contributed by atoms with Crippen molar-refractivity contribution in [2.45, 2.75) is 32.4 Å². The van der Waals surface area contributed by atoms with Gasteiger partial charge in [-0.1, -0.05) is 0 Å². The van der Waals surface area contributed by atoms with Gasteiger partial charge in [-0.2, -0.15) is 0 Å². The Bertz CT molecular complexity index is 157. The second-order valence-electron chi connectivity index (χ2n) is 4.76. The Hall–Kier alpha value is -0.160. The zero-order valence-electron chi connectivity index (χ0n) is 10.9. The molecule has 0 spiro atoms. The van der Waals surface area contributed by atoms with Crippen molar-refractivity contribution in [3.05, 3.63) is 0 Å². The average Bonchev–Trinajstić information content (AvgIpc) is 2.16. The van der Waals surface area contributed by atoms with E-state index in [9.17, 15) is 0 Å². The van der Waals surface area contributed by atoms with Crippen LogP contribution in [0.15, 0.2) is 0 Å². The molecule has 0 aromatic carbocycles. The van der Waals surface area contributed by atoms with Crippen molar-refractivity contribution in [2.75, 3.05) is 40.3 Å². The summed E-state index contributed by atoms with van der Waals surface area (Å²) in [4.78, 5) is 2.25. The molecule has 15 heavy (non-hydrogen) atoms. The van der Waals surface area contributed by atoms with Crippen LogP contribution in [0.25, 0.3) is 0 Å². The number of nitrogens with one attached hydrogen (secondary N) is 2. The number of nitrogens with zero attached hydrogens (tertiary/aromatic N) is 1. The summed E-state index contributed by atoms with van der Waals surface area (Å²) in [5, 5.41) is 6.79. The van der Waals surface area contributed by atoms with Crippen LogP contribution in [0.1, 0.15) is 20.8 Å². The van der Waals surface area contributed by atoms with E-state index in [-0.39, 0.29) is 5.54 Å². The van der Waals surface area contributed by atoms with Crippen molar-refractivity contribution in [1.82, 2.24) is 15.5 Å². The van der Waals surface area contributed by atoms with Crippen LogP contribution in [0.3, 0.4) is 0 Å². The zero-order valence-corrected chi connectivity index (χ0v) is 10.9. The number of likely N-dealkylation sites (N-methyl/N-ethyl adjacent to an activating group) is 1. The lowest BCUT2D eigenvalue weighted by molar-refractivity contribution is 0.146. The molecule has 4 N–H and O–H groups in total. The van der Waals surface area contributed by atoms with Crippen LogP contribution < -0.4 is 16.4 Å². The van der Waals surface area contributed by atoms with Crippen LogP contribution in [-0.4, -0.2) is 56.8 Å². The fourth-order valence-electron chi connectivity index (χ4n) is 1.24. The van der Waals surface area contributed by atoms with E-state index < -0.39 is 0 Å². The minimum absolute atomic E-state index is 0.174. The van der Waals surface area contributed by atoms with E-state index in [0.29, 0.717) is 12.6 Å². The van der Waals surface area contributed by atoms with Gasteiger partial charge in [0.1, 0.15) is 0 Å². The molecule has 92 valence electrons. The summed E-state index contributed by atoms with van der Waals surface area (Å²) < 4.78 is 0. The largest absolute Gasteiger partial charge is 0.329 e. The fraction of sp³-hybridized carbons (Fsp3) is 1.00. The molecule has 0 aliphatic carbocycles. The summed E-state index contributed by atoms with van der Waals surface area (Å²) in [7, 11) is 4.23. The van der Waals surface area contributed by atoms with Crippen LogP contribution in [0.4, 0.5) is 0 Å². The molecule has 1 unspecified atom stereocenters. The molecule has 4 heteroatoms. The van der Waals surface area contributed by atoms with Gasteiger partial charge in [-0.3, -0.25) is 0 Å². The lowest BCUT2D eigenvalue weighted by Crippen LogP contribution is -2.54. The van der Waals surface area contributed by atoms with E-state index in [2.05, 4.69) is 50.4 Å². The maximum absolute atomic E-state index is 5.39. The van der Waals surface area contributed by atoms with Gasteiger partial charge in [0.2, 0.25) is 0 Å². The zero-order chi connectivity index (χ0) is 11.9. The van der Waals surface area contributed by atoms with E-state index in [1.165, 1.54) is 0 Å². The monoisotopic (exact) mass is 216 g/mol. The van der Waals surface area contributed by atoms with Gasteiger partial charge < -0.3 is 21.3 Å². The van der Waals surface area contributed by atoms with Gasteiger partial charge in [0.15, 0.2) is 0 Å². The molecule has 0 heterocycles. The third-order valence-corrected chi connectivity index (χ3v) is 3.29. The molecular formula is C11H28N4. The molecule has 0 aliphatic rings. The Kier molecular flexibility index (Phi) is 7.09. The molecule has 0 aromatic rings. The number of nitrogens with two attached hydrogens (primary N) is 1. The first-order valence-electron chi connectivity index (χ1n) is 5.74. The molecule has 0 aromatic heterocycles. The molecule has 0 saturated heterocycles. The van der Waals surface area contributed by atoms with Crippen LogP contribution >= 0.6 is 0 Å². The third kappa shape index (κ3) is 5.47.